The molecule has 0 fully saturated rings. The molecule has 0 saturated carbocycles. The van der Waals surface area contributed by atoms with Gasteiger partial charge in [-0.2, -0.15) is 0 Å². The lowest BCUT2D eigenvalue weighted by atomic mass is 9.97. The summed E-state index contributed by atoms with van der Waals surface area (Å²) >= 11 is 0. The van der Waals surface area contributed by atoms with Gasteiger partial charge in [-0.05, 0) is 74.3 Å². The van der Waals surface area contributed by atoms with Crippen LogP contribution in [0.2, 0.25) is 0 Å². The van der Waals surface area contributed by atoms with Crippen LogP contribution in [0.3, 0.4) is 0 Å². The zero-order chi connectivity index (χ0) is 37.7. The van der Waals surface area contributed by atoms with E-state index >= 15 is 0 Å². The van der Waals surface area contributed by atoms with Crippen molar-refractivity contribution in [2.24, 2.45) is 0 Å². The van der Waals surface area contributed by atoms with Crippen LogP contribution in [0, 0.1) is 0 Å². The molecule has 0 N–H and O–H groups in total. The molecule has 0 amide bonds. The first-order valence-electron chi connectivity index (χ1n) is 19.3. The van der Waals surface area contributed by atoms with E-state index in [4.69, 9.17) is 14.4 Å². The normalized spacial score (nSPS) is 11.5. The van der Waals surface area contributed by atoms with Gasteiger partial charge < -0.3 is 4.42 Å². The van der Waals surface area contributed by atoms with Crippen molar-refractivity contribution in [1.82, 2.24) is 9.97 Å². The molecular formula is C54H34N2O. The number of furan rings is 1. The molecule has 3 heteroatoms. The van der Waals surface area contributed by atoms with Crippen LogP contribution in [0.15, 0.2) is 211 Å². The molecule has 2 aromatic heterocycles. The second-order valence-corrected chi connectivity index (χ2v) is 14.5. The fourth-order valence-electron chi connectivity index (χ4n) is 8.25. The fourth-order valence-corrected chi connectivity index (χ4v) is 8.25. The Balaban J connectivity index is 1.07. The minimum atomic E-state index is 0.661. The SMILES string of the molecule is c1ccc(-c2cccc(-c3cc(-c4cccc(-c5ccccc5)c4)nc(-c4cccc(-c5cccc6c5oc5c6ccc6ccc7ccccc7c65)c4)n3)c2)cc1. The van der Waals surface area contributed by atoms with E-state index in [0.29, 0.717) is 5.82 Å². The number of fused-ring (bicyclic) bond motifs is 7. The van der Waals surface area contributed by atoms with E-state index in [1.165, 1.54) is 16.2 Å². The number of rotatable bonds is 6. The molecule has 0 atom stereocenters. The van der Waals surface area contributed by atoms with Gasteiger partial charge in [-0.3, -0.25) is 0 Å². The number of nitrogens with zero attached hydrogens (tertiary/aromatic N) is 2. The number of hydrogen-bond donors (Lipinski definition) is 0. The van der Waals surface area contributed by atoms with Gasteiger partial charge in [0.1, 0.15) is 11.2 Å². The van der Waals surface area contributed by atoms with Crippen LogP contribution >= 0.6 is 0 Å². The lowest BCUT2D eigenvalue weighted by Crippen LogP contribution is -1.96. The Morgan fingerprint density at radius 3 is 1.49 bits per heavy atom. The first kappa shape index (κ1) is 32.8. The Labute approximate surface area is 330 Å². The predicted octanol–water partition coefficient (Wildman–Crippen LogP) is 14.7. The van der Waals surface area contributed by atoms with E-state index in [1.807, 2.05) is 12.1 Å². The number of para-hydroxylation sites is 1. The number of benzene rings is 9. The highest BCUT2D eigenvalue weighted by Gasteiger charge is 2.18. The highest BCUT2D eigenvalue weighted by molar-refractivity contribution is 6.24. The molecule has 0 aliphatic carbocycles. The van der Waals surface area contributed by atoms with E-state index in [1.54, 1.807) is 0 Å². The molecule has 57 heavy (non-hydrogen) atoms. The van der Waals surface area contributed by atoms with Gasteiger partial charge in [0, 0.05) is 38.4 Å². The van der Waals surface area contributed by atoms with Gasteiger partial charge in [-0.1, -0.05) is 176 Å². The van der Waals surface area contributed by atoms with Crippen molar-refractivity contribution < 1.29 is 4.42 Å². The topological polar surface area (TPSA) is 38.9 Å². The molecule has 3 nitrogen and oxygen atoms in total. The summed E-state index contributed by atoms with van der Waals surface area (Å²) in [7, 11) is 0. The van der Waals surface area contributed by atoms with Crippen molar-refractivity contribution in [2.45, 2.75) is 0 Å². The van der Waals surface area contributed by atoms with E-state index in [0.717, 1.165) is 88.8 Å². The average molecular weight is 727 g/mol. The van der Waals surface area contributed by atoms with Crippen LogP contribution in [-0.4, -0.2) is 9.97 Å². The summed E-state index contributed by atoms with van der Waals surface area (Å²) in [5.41, 5.74) is 13.2. The lowest BCUT2D eigenvalue weighted by Gasteiger charge is -2.12. The summed E-state index contributed by atoms with van der Waals surface area (Å²) in [4.78, 5) is 10.6. The standard InChI is InChI=1S/C54H34N2O/c1-3-13-35(14-4-1)39-18-9-21-42(31-39)49-34-50(43-22-10-19-40(32-43)36-15-5-2-6-16-36)56-54(55-49)44-23-11-20-41(33-44)46-25-12-26-47-48-30-29-38-28-27-37-17-7-8-24-45(37)51(38)53(48)57-52(46)47/h1-34H. The monoisotopic (exact) mass is 726 g/mol. The van der Waals surface area contributed by atoms with Crippen molar-refractivity contribution in [1.29, 1.82) is 0 Å². The van der Waals surface area contributed by atoms with Gasteiger partial charge in [0.25, 0.3) is 0 Å². The van der Waals surface area contributed by atoms with Gasteiger partial charge in [0.15, 0.2) is 5.82 Å². The summed E-state index contributed by atoms with van der Waals surface area (Å²) < 4.78 is 6.92. The minimum Gasteiger partial charge on any atom is -0.455 e. The molecule has 0 saturated heterocycles. The van der Waals surface area contributed by atoms with E-state index < -0.39 is 0 Å². The molecule has 2 heterocycles. The quantitative estimate of drug-likeness (QED) is 0.160. The molecular weight excluding hydrogens is 693 g/mol. The third-order valence-corrected chi connectivity index (χ3v) is 11.1. The Kier molecular flexibility index (Phi) is 7.82. The summed E-state index contributed by atoms with van der Waals surface area (Å²) in [5.74, 6) is 0.661. The minimum absolute atomic E-state index is 0.661. The maximum absolute atomic E-state index is 6.92. The zero-order valence-corrected chi connectivity index (χ0v) is 30.9. The van der Waals surface area contributed by atoms with Crippen LogP contribution in [0.5, 0.6) is 0 Å². The molecule has 0 bridgehead atoms. The highest BCUT2D eigenvalue weighted by Crippen LogP contribution is 2.41. The van der Waals surface area contributed by atoms with E-state index in [9.17, 15) is 0 Å². The Hall–Kier alpha value is -7.62. The van der Waals surface area contributed by atoms with Crippen LogP contribution in [0.4, 0.5) is 0 Å². The average Bonchev–Trinajstić information content (AvgIpc) is 3.69. The van der Waals surface area contributed by atoms with Crippen molar-refractivity contribution in [2.75, 3.05) is 0 Å². The van der Waals surface area contributed by atoms with E-state index in [2.05, 4.69) is 194 Å². The summed E-state index contributed by atoms with van der Waals surface area (Å²) in [6.07, 6.45) is 0. The lowest BCUT2D eigenvalue weighted by molar-refractivity contribution is 0.674. The van der Waals surface area contributed by atoms with Gasteiger partial charge in [-0.15, -0.1) is 0 Å². The third-order valence-electron chi connectivity index (χ3n) is 11.1. The first-order valence-corrected chi connectivity index (χ1v) is 19.3. The summed E-state index contributed by atoms with van der Waals surface area (Å²) in [6, 6.07) is 72.6. The van der Waals surface area contributed by atoms with Crippen molar-refractivity contribution in [3.05, 3.63) is 206 Å². The molecule has 0 radical (unpaired) electrons. The van der Waals surface area contributed by atoms with Gasteiger partial charge in [0.2, 0.25) is 0 Å². The maximum atomic E-state index is 6.92. The predicted molar refractivity (Wildman–Crippen MR) is 237 cm³/mol. The smallest absolute Gasteiger partial charge is 0.160 e. The molecule has 0 aliphatic heterocycles. The van der Waals surface area contributed by atoms with Crippen LogP contribution < -0.4 is 0 Å². The maximum Gasteiger partial charge on any atom is 0.160 e. The molecule has 11 rings (SSSR count). The Morgan fingerprint density at radius 1 is 0.298 bits per heavy atom. The zero-order valence-electron chi connectivity index (χ0n) is 30.9. The molecule has 0 aliphatic rings. The first-order chi connectivity index (χ1) is 28.2. The summed E-state index contributed by atoms with van der Waals surface area (Å²) in [6.45, 7) is 0. The fraction of sp³-hybridized carbons (Fsp3) is 0. The van der Waals surface area contributed by atoms with Gasteiger partial charge in [-0.25, -0.2) is 9.97 Å². The van der Waals surface area contributed by atoms with Gasteiger partial charge in [0.05, 0.1) is 11.4 Å². The number of aromatic nitrogens is 2. The molecule has 266 valence electrons. The summed E-state index contributed by atoms with van der Waals surface area (Å²) in [5, 5.41) is 6.92. The molecule has 0 spiro atoms. The Bertz CT molecular complexity index is 3190. The van der Waals surface area contributed by atoms with Crippen molar-refractivity contribution in [3.8, 4) is 67.3 Å². The van der Waals surface area contributed by atoms with Crippen molar-refractivity contribution in [3.63, 3.8) is 0 Å². The third kappa shape index (κ3) is 5.85. The second-order valence-electron chi connectivity index (χ2n) is 14.5. The largest absolute Gasteiger partial charge is 0.455 e. The van der Waals surface area contributed by atoms with Crippen LogP contribution in [0.25, 0.3) is 111 Å². The second kappa shape index (κ2) is 13.6. The van der Waals surface area contributed by atoms with E-state index in [-0.39, 0.29) is 0 Å². The van der Waals surface area contributed by atoms with Crippen LogP contribution in [0.1, 0.15) is 0 Å². The molecule has 9 aromatic carbocycles. The van der Waals surface area contributed by atoms with Crippen LogP contribution in [-0.2, 0) is 0 Å². The Morgan fingerprint density at radius 2 is 0.789 bits per heavy atom. The van der Waals surface area contributed by atoms with Gasteiger partial charge >= 0.3 is 0 Å². The highest BCUT2D eigenvalue weighted by atomic mass is 16.3. The number of hydrogen-bond acceptors (Lipinski definition) is 3. The van der Waals surface area contributed by atoms with Crippen molar-refractivity contribution >= 4 is 43.5 Å². The molecule has 11 aromatic rings. The molecule has 0 unspecified atom stereocenters.